The van der Waals surface area contributed by atoms with Crippen LogP contribution < -0.4 is 4.90 Å². The van der Waals surface area contributed by atoms with Crippen molar-refractivity contribution in [3.05, 3.63) is 48.4 Å². The second-order valence-corrected chi connectivity index (χ2v) is 6.96. The van der Waals surface area contributed by atoms with E-state index in [1.54, 1.807) is 22.8 Å². The van der Waals surface area contributed by atoms with Gasteiger partial charge in [0, 0.05) is 50.4 Å². The molecule has 2 aromatic heterocycles. The smallest absolute Gasteiger partial charge is 0.157 e. The lowest BCUT2D eigenvalue weighted by Gasteiger charge is -2.35. The van der Waals surface area contributed by atoms with Gasteiger partial charge in [-0.3, -0.25) is 4.90 Å². The Labute approximate surface area is 158 Å². The summed E-state index contributed by atoms with van der Waals surface area (Å²) in [5.74, 6) is 0.618. The Morgan fingerprint density at radius 3 is 2.78 bits per heavy atom. The lowest BCUT2D eigenvalue weighted by molar-refractivity contribution is 0.0217. The standard InChI is InChI=1S/C20H24FN5O/c1-15(25-9-11-27-12-10-25)14-24(2)20-13-18(16-5-3-4-6-17(16)21)23-19-7-8-22-26(19)20/h3-8,13,15H,9-12,14H2,1-2H3/t15-/m1/s1. The molecule has 0 bridgehead atoms. The van der Waals surface area contributed by atoms with Gasteiger partial charge in [0.25, 0.3) is 0 Å². The summed E-state index contributed by atoms with van der Waals surface area (Å²) in [4.78, 5) is 9.17. The third-order valence-electron chi connectivity index (χ3n) is 5.09. The number of benzene rings is 1. The number of morpholine rings is 1. The third kappa shape index (κ3) is 3.65. The third-order valence-corrected chi connectivity index (χ3v) is 5.09. The van der Waals surface area contributed by atoms with Crippen LogP contribution in [0.2, 0.25) is 0 Å². The summed E-state index contributed by atoms with van der Waals surface area (Å²) >= 11 is 0. The van der Waals surface area contributed by atoms with Crippen LogP contribution >= 0.6 is 0 Å². The highest BCUT2D eigenvalue weighted by molar-refractivity contribution is 5.67. The highest BCUT2D eigenvalue weighted by Gasteiger charge is 2.20. The summed E-state index contributed by atoms with van der Waals surface area (Å²) < 4.78 is 21.5. The average molecular weight is 369 g/mol. The van der Waals surface area contributed by atoms with Crippen LogP contribution in [0.5, 0.6) is 0 Å². The number of hydrogen-bond acceptors (Lipinski definition) is 5. The molecular formula is C20H24FN5O. The summed E-state index contributed by atoms with van der Waals surface area (Å²) in [5.41, 5.74) is 1.82. The molecule has 1 aliphatic heterocycles. The van der Waals surface area contributed by atoms with E-state index in [0.29, 0.717) is 22.9 Å². The summed E-state index contributed by atoms with van der Waals surface area (Å²) in [5, 5.41) is 4.40. The minimum Gasteiger partial charge on any atom is -0.379 e. The summed E-state index contributed by atoms with van der Waals surface area (Å²) in [7, 11) is 2.04. The number of halogens is 1. The molecule has 0 radical (unpaired) electrons. The minimum absolute atomic E-state index is 0.274. The summed E-state index contributed by atoms with van der Waals surface area (Å²) in [6.45, 7) is 6.51. The number of nitrogens with zero attached hydrogens (tertiary/aromatic N) is 5. The van der Waals surface area contributed by atoms with E-state index < -0.39 is 0 Å². The highest BCUT2D eigenvalue weighted by atomic mass is 19.1. The Morgan fingerprint density at radius 1 is 1.22 bits per heavy atom. The molecule has 1 aliphatic rings. The first-order chi connectivity index (χ1) is 13.1. The quantitative estimate of drug-likeness (QED) is 0.692. The number of anilines is 1. The molecular weight excluding hydrogens is 345 g/mol. The lowest BCUT2D eigenvalue weighted by atomic mass is 10.1. The van der Waals surface area contributed by atoms with Crippen molar-refractivity contribution >= 4 is 11.5 Å². The average Bonchev–Trinajstić information content (AvgIpc) is 3.16. The fourth-order valence-corrected chi connectivity index (χ4v) is 3.60. The molecule has 4 rings (SSSR count). The first-order valence-electron chi connectivity index (χ1n) is 9.26. The maximum Gasteiger partial charge on any atom is 0.157 e. The number of fused-ring (bicyclic) bond motifs is 1. The van der Waals surface area contributed by atoms with Gasteiger partial charge in [0.2, 0.25) is 0 Å². The van der Waals surface area contributed by atoms with E-state index in [1.807, 2.05) is 25.2 Å². The molecule has 1 saturated heterocycles. The van der Waals surface area contributed by atoms with Crippen LogP contribution in [0.4, 0.5) is 10.2 Å². The van der Waals surface area contributed by atoms with Gasteiger partial charge in [-0.1, -0.05) is 12.1 Å². The van der Waals surface area contributed by atoms with E-state index in [1.165, 1.54) is 6.07 Å². The van der Waals surface area contributed by atoms with Crippen molar-refractivity contribution in [2.45, 2.75) is 13.0 Å². The zero-order chi connectivity index (χ0) is 18.8. The molecule has 1 fully saturated rings. The van der Waals surface area contributed by atoms with Crippen molar-refractivity contribution < 1.29 is 9.13 Å². The van der Waals surface area contributed by atoms with Crippen molar-refractivity contribution in [2.24, 2.45) is 0 Å². The Bertz CT molecular complexity index is 922. The molecule has 6 nitrogen and oxygen atoms in total. The predicted molar refractivity (Wildman–Crippen MR) is 104 cm³/mol. The molecule has 3 heterocycles. The normalized spacial score (nSPS) is 16.6. The van der Waals surface area contributed by atoms with Crippen molar-refractivity contribution in [2.75, 3.05) is 44.8 Å². The molecule has 3 aromatic rings. The van der Waals surface area contributed by atoms with Gasteiger partial charge >= 0.3 is 0 Å². The van der Waals surface area contributed by atoms with Crippen LogP contribution in [0.3, 0.4) is 0 Å². The Balaban J connectivity index is 1.66. The van der Waals surface area contributed by atoms with Crippen LogP contribution in [0.15, 0.2) is 42.6 Å². The van der Waals surface area contributed by atoms with Gasteiger partial charge in [-0.25, -0.2) is 9.37 Å². The Hall–Kier alpha value is -2.51. The molecule has 27 heavy (non-hydrogen) atoms. The molecule has 0 saturated carbocycles. The molecule has 0 aliphatic carbocycles. The molecule has 142 valence electrons. The monoisotopic (exact) mass is 369 g/mol. The van der Waals surface area contributed by atoms with Crippen LogP contribution in [-0.2, 0) is 4.74 Å². The van der Waals surface area contributed by atoms with Crippen LogP contribution in [-0.4, -0.2) is 65.4 Å². The Morgan fingerprint density at radius 2 is 2.00 bits per heavy atom. The first-order valence-corrected chi connectivity index (χ1v) is 9.26. The largest absolute Gasteiger partial charge is 0.379 e. The molecule has 1 aromatic carbocycles. The fourth-order valence-electron chi connectivity index (χ4n) is 3.60. The van der Waals surface area contributed by atoms with Crippen LogP contribution in [0.1, 0.15) is 6.92 Å². The van der Waals surface area contributed by atoms with E-state index in [9.17, 15) is 4.39 Å². The Kier molecular flexibility index (Phi) is 5.05. The molecule has 0 N–H and O–H groups in total. The zero-order valence-electron chi connectivity index (χ0n) is 15.7. The molecule has 0 spiro atoms. The van der Waals surface area contributed by atoms with Gasteiger partial charge in [-0.15, -0.1) is 0 Å². The van der Waals surface area contributed by atoms with Crippen molar-refractivity contribution in [1.82, 2.24) is 19.5 Å². The van der Waals surface area contributed by atoms with Crippen molar-refractivity contribution in [3.8, 4) is 11.3 Å². The van der Waals surface area contributed by atoms with Crippen molar-refractivity contribution in [1.29, 1.82) is 0 Å². The van der Waals surface area contributed by atoms with Gasteiger partial charge in [0.05, 0.1) is 25.1 Å². The van der Waals surface area contributed by atoms with Gasteiger partial charge in [0.1, 0.15) is 11.6 Å². The predicted octanol–water partition coefficient (Wildman–Crippen LogP) is 2.69. The van der Waals surface area contributed by atoms with Crippen LogP contribution in [0.25, 0.3) is 16.9 Å². The van der Waals surface area contributed by atoms with Gasteiger partial charge < -0.3 is 9.64 Å². The first kappa shape index (κ1) is 17.9. The summed E-state index contributed by atoms with van der Waals surface area (Å²) in [6.07, 6.45) is 1.72. The number of likely N-dealkylation sites (N-methyl/N-ethyl adjacent to an activating group) is 1. The zero-order valence-corrected chi connectivity index (χ0v) is 15.7. The van der Waals surface area contributed by atoms with Crippen molar-refractivity contribution in [3.63, 3.8) is 0 Å². The number of hydrogen-bond donors (Lipinski definition) is 0. The molecule has 0 amide bonds. The number of ether oxygens (including phenoxy) is 1. The minimum atomic E-state index is -0.274. The molecule has 7 heteroatoms. The topological polar surface area (TPSA) is 45.9 Å². The van der Waals surface area contributed by atoms with E-state index >= 15 is 0 Å². The molecule has 0 unspecified atom stereocenters. The molecule has 1 atom stereocenters. The SMILES string of the molecule is C[C@H](CN(C)c1cc(-c2ccccc2F)nc2ccnn12)N1CCOCC1. The van der Waals surface area contributed by atoms with Gasteiger partial charge in [-0.2, -0.15) is 9.61 Å². The lowest BCUT2D eigenvalue weighted by Crippen LogP contribution is -2.47. The van der Waals surface area contributed by atoms with Gasteiger partial charge in [-0.05, 0) is 19.1 Å². The number of rotatable bonds is 5. The van der Waals surface area contributed by atoms with E-state index in [-0.39, 0.29) is 5.82 Å². The van der Waals surface area contributed by atoms with E-state index in [4.69, 9.17) is 4.74 Å². The van der Waals surface area contributed by atoms with Crippen LogP contribution in [0, 0.1) is 5.82 Å². The maximum atomic E-state index is 14.3. The van der Waals surface area contributed by atoms with Gasteiger partial charge in [0.15, 0.2) is 5.65 Å². The fraction of sp³-hybridized carbons (Fsp3) is 0.400. The van der Waals surface area contributed by atoms with E-state index in [0.717, 1.165) is 38.7 Å². The number of aromatic nitrogens is 3. The van der Waals surface area contributed by atoms with E-state index in [2.05, 4.69) is 26.8 Å². The second kappa shape index (κ2) is 7.62. The highest BCUT2D eigenvalue weighted by Crippen LogP contribution is 2.26. The summed E-state index contributed by atoms with van der Waals surface area (Å²) in [6, 6.07) is 10.8. The second-order valence-electron chi connectivity index (χ2n) is 6.96. The maximum absolute atomic E-state index is 14.3.